The quantitative estimate of drug-likeness (QED) is 0.0211. The predicted octanol–water partition coefficient (Wildman–Crippen LogP) is 8.70. The van der Waals surface area contributed by atoms with Crippen LogP contribution in [0.1, 0.15) is 121 Å². The highest BCUT2D eigenvalue weighted by molar-refractivity contribution is 7.20. The molecule has 23 heteroatoms. The van der Waals surface area contributed by atoms with Gasteiger partial charge in [-0.1, -0.05) is 68.0 Å². The third kappa shape index (κ3) is 11.6. The average molecular weight is 1140 g/mol. The minimum Gasteiger partial charge on any atom is -0.454 e. The van der Waals surface area contributed by atoms with Crippen molar-refractivity contribution in [2.24, 2.45) is 23.7 Å². The second-order valence-corrected chi connectivity index (χ2v) is 34.5. The molecule has 3 amide bonds. The number of fused-ring (bicyclic) bond motifs is 2. The van der Waals surface area contributed by atoms with Crippen molar-refractivity contribution in [3.63, 3.8) is 0 Å². The van der Waals surface area contributed by atoms with Gasteiger partial charge in [-0.25, -0.2) is 14.8 Å². The van der Waals surface area contributed by atoms with Crippen LogP contribution in [0.2, 0.25) is 36.3 Å². The number of ketones is 4. The van der Waals surface area contributed by atoms with Gasteiger partial charge in [0.1, 0.15) is 40.3 Å². The van der Waals surface area contributed by atoms with Gasteiger partial charge in [0.15, 0.2) is 28.2 Å². The molecule has 414 valence electrons. The number of imidazole rings is 2. The van der Waals surface area contributed by atoms with Crippen LogP contribution in [-0.4, -0.2) is 128 Å². The second kappa shape index (κ2) is 22.7. The van der Waals surface area contributed by atoms with Crippen LogP contribution in [0.15, 0.2) is 86.8 Å². The monoisotopic (exact) mass is 1140 g/mol. The lowest BCUT2D eigenvalue weighted by atomic mass is 9.75. The van der Waals surface area contributed by atoms with E-state index in [4.69, 9.17) is 13.6 Å². The summed E-state index contributed by atoms with van der Waals surface area (Å²) in [6.45, 7) is 31.6. The Hall–Kier alpha value is -6.51. The molecule has 0 saturated carbocycles. The highest BCUT2D eigenvalue weighted by Crippen LogP contribution is 2.44. The van der Waals surface area contributed by atoms with Gasteiger partial charge >= 0.3 is 11.9 Å². The number of imide groups is 1. The van der Waals surface area contributed by atoms with E-state index >= 15 is 0 Å². The summed E-state index contributed by atoms with van der Waals surface area (Å²) in [5.41, 5.74) is 1.28. The third-order valence-corrected chi connectivity index (χ3v) is 27.0. The fraction of sp³-hybridized carbons (Fsp3) is 0.455. The number of nitrogens with one attached hydrogen (secondary N) is 1. The zero-order chi connectivity index (χ0) is 57.6. The number of likely N-dealkylation sites (tertiary alicyclic amines) is 1. The molecule has 2 aliphatic rings. The van der Waals surface area contributed by atoms with Crippen LogP contribution >= 0.6 is 22.7 Å². The normalized spacial score (nSPS) is 19.3. The lowest BCUT2D eigenvalue weighted by molar-refractivity contribution is -0.181. The summed E-state index contributed by atoms with van der Waals surface area (Å²) < 4.78 is 21.2. The van der Waals surface area contributed by atoms with Gasteiger partial charge < -0.3 is 18.9 Å². The Morgan fingerprint density at radius 2 is 1.17 bits per heavy atom. The standard InChI is InChI=1S/C30H36N4O7SSi.C25H32N4O4SSi/c1-9-13-40-29(39)27(38)34-23(21(26(34)37)18(3)41-43(7,8)30(4,5)6)17(2)24(35)20-15-33-16-32-22(28(33)42-20)25(36)19-11-10-12-31-14-19;1-14(19-18(23(32)28-19)15(2)33-35(6,7)25(3,4)5)21(30)17-12-29-13-27-20(24(29)34-17)22(31)16-9-8-10-26-11-16/h9-12,14-18,21,23H,1,13H2,2-8H3;8-15,18-19H,1-7H3,(H,28,32)/t17-,18-,21-,23-;14-,15-,18-,19-/m11/s1. The van der Waals surface area contributed by atoms with Gasteiger partial charge in [-0.3, -0.25) is 57.2 Å². The van der Waals surface area contributed by atoms with E-state index in [9.17, 15) is 38.4 Å². The summed E-state index contributed by atoms with van der Waals surface area (Å²) in [4.78, 5) is 124. The number of β-lactam (4-membered cyclic amide) rings is 2. The van der Waals surface area contributed by atoms with Crippen molar-refractivity contribution in [2.45, 2.75) is 130 Å². The Balaban J connectivity index is 0.000000231. The molecule has 2 fully saturated rings. The third-order valence-electron chi connectivity index (χ3n) is 15.6. The number of Topliss-reactive ketones (excluding diaryl/α,β-unsaturated/α-hetero) is 2. The van der Waals surface area contributed by atoms with Gasteiger partial charge in [-0.15, -0.1) is 22.7 Å². The highest BCUT2D eigenvalue weighted by Gasteiger charge is 2.59. The van der Waals surface area contributed by atoms with Gasteiger partial charge in [0.2, 0.25) is 23.4 Å². The van der Waals surface area contributed by atoms with Crippen molar-refractivity contribution < 1.29 is 51.9 Å². The molecule has 6 aromatic rings. The Kier molecular flexibility index (Phi) is 17.2. The van der Waals surface area contributed by atoms with Gasteiger partial charge in [0, 0.05) is 60.1 Å². The molecular formula is C55H68N8O11S2Si2. The van der Waals surface area contributed by atoms with Crippen LogP contribution in [0.25, 0.3) is 9.66 Å². The summed E-state index contributed by atoms with van der Waals surface area (Å²) in [5, 5.41) is 2.81. The smallest absolute Gasteiger partial charge is 0.397 e. The Labute approximate surface area is 463 Å². The summed E-state index contributed by atoms with van der Waals surface area (Å²) in [5.74, 6) is -6.55. The summed E-state index contributed by atoms with van der Waals surface area (Å²) in [7, 11) is -4.40. The Bertz CT molecular complexity index is 3300. The maximum absolute atomic E-state index is 13.9. The van der Waals surface area contributed by atoms with Gasteiger partial charge in [0.05, 0.1) is 45.9 Å². The first-order valence-electron chi connectivity index (χ1n) is 25.6. The number of hydrogen-bond acceptors (Lipinski definition) is 17. The number of aromatic nitrogens is 6. The molecule has 2 saturated heterocycles. The first-order chi connectivity index (χ1) is 36.4. The minimum atomic E-state index is -2.33. The molecule has 2 aliphatic heterocycles. The fourth-order valence-electron chi connectivity index (χ4n) is 9.04. The van der Waals surface area contributed by atoms with Gasteiger partial charge in [-0.05, 0) is 74.4 Å². The van der Waals surface area contributed by atoms with Crippen molar-refractivity contribution in [2.75, 3.05) is 6.61 Å². The first-order valence-corrected chi connectivity index (χ1v) is 33.1. The Morgan fingerprint density at radius 1 is 0.718 bits per heavy atom. The number of amides is 3. The van der Waals surface area contributed by atoms with Crippen molar-refractivity contribution in [3.05, 3.63) is 119 Å². The summed E-state index contributed by atoms with van der Waals surface area (Å²) in [6, 6.07) is 5.43. The van der Waals surface area contributed by atoms with E-state index in [1.165, 1.54) is 36.1 Å². The number of esters is 1. The van der Waals surface area contributed by atoms with E-state index in [1.54, 1.807) is 78.0 Å². The molecule has 19 nitrogen and oxygen atoms in total. The van der Waals surface area contributed by atoms with Crippen LogP contribution in [0.3, 0.4) is 0 Å². The number of ether oxygens (including phenoxy) is 1. The number of carbonyl (C=O) groups is 8. The molecule has 8 rings (SSSR count). The lowest BCUT2D eigenvalue weighted by Crippen LogP contribution is -2.71. The molecule has 0 aromatic carbocycles. The summed E-state index contributed by atoms with van der Waals surface area (Å²) in [6.07, 6.45) is 12.8. The zero-order valence-corrected chi connectivity index (χ0v) is 50.1. The van der Waals surface area contributed by atoms with E-state index in [1.807, 2.05) is 13.8 Å². The number of nitrogens with zero attached hydrogens (tertiary/aromatic N) is 7. The molecule has 8 heterocycles. The molecule has 0 aliphatic carbocycles. The topological polar surface area (TPSA) is 240 Å². The maximum atomic E-state index is 13.9. The van der Waals surface area contributed by atoms with Crippen molar-refractivity contribution >= 4 is 95.8 Å². The maximum Gasteiger partial charge on any atom is 0.397 e. The van der Waals surface area contributed by atoms with Gasteiger partial charge in [-0.2, -0.15) is 0 Å². The van der Waals surface area contributed by atoms with Crippen LogP contribution in [0, 0.1) is 23.7 Å². The number of carbonyl (C=O) groups excluding carboxylic acids is 8. The molecule has 0 bridgehead atoms. The second-order valence-electron chi connectivity index (χ2n) is 22.9. The van der Waals surface area contributed by atoms with Gasteiger partial charge in [0.25, 0.3) is 0 Å². The van der Waals surface area contributed by atoms with E-state index in [0.717, 1.165) is 16.2 Å². The first kappa shape index (κ1) is 59.2. The average Bonchev–Trinajstić information content (AvgIpc) is 4.22. The number of thiazole rings is 2. The number of rotatable bonds is 18. The van der Waals surface area contributed by atoms with E-state index in [-0.39, 0.29) is 69.5 Å². The van der Waals surface area contributed by atoms with E-state index in [2.05, 4.69) is 99.6 Å². The van der Waals surface area contributed by atoms with Crippen LogP contribution in [-0.2, 0) is 32.8 Å². The number of pyridine rings is 2. The van der Waals surface area contributed by atoms with Crippen molar-refractivity contribution in [1.82, 2.24) is 39.0 Å². The predicted molar refractivity (Wildman–Crippen MR) is 300 cm³/mol. The molecule has 1 N–H and O–H groups in total. The Morgan fingerprint density at radius 3 is 1.58 bits per heavy atom. The fourth-order valence-corrected chi connectivity index (χ4v) is 14.1. The molecule has 8 atom stereocenters. The minimum absolute atomic E-state index is 0.0240. The van der Waals surface area contributed by atoms with E-state index in [0.29, 0.717) is 36.2 Å². The number of hydrogen-bond donors (Lipinski definition) is 1. The molecule has 6 aromatic heterocycles. The van der Waals surface area contributed by atoms with Crippen LogP contribution in [0.5, 0.6) is 0 Å². The van der Waals surface area contributed by atoms with Crippen molar-refractivity contribution in [3.8, 4) is 0 Å². The molecule has 78 heavy (non-hydrogen) atoms. The lowest BCUT2D eigenvalue weighted by Gasteiger charge is -2.51. The molecule has 0 spiro atoms. The highest BCUT2D eigenvalue weighted by atomic mass is 32.1. The molecular weight excluding hydrogens is 1070 g/mol. The van der Waals surface area contributed by atoms with E-state index < -0.39 is 64.3 Å². The largest absolute Gasteiger partial charge is 0.454 e. The van der Waals surface area contributed by atoms with Crippen LogP contribution in [0.4, 0.5) is 0 Å². The zero-order valence-electron chi connectivity index (χ0n) is 46.5. The summed E-state index contributed by atoms with van der Waals surface area (Å²) >= 11 is 2.33. The molecule has 0 radical (unpaired) electrons. The van der Waals surface area contributed by atoms with Crippen molar-refractivity contribution in [1.29, 1.82) is 0 Å². The molecule has 0 unspecified atom stereocenters. The van der Waals surface area contributed by atoms with Crippen LogP contribution < -0.4 is 5.32 Å². The SMILES string of the molecule is C=CCOC(=O)C(=O)N1C(=O)[C@H]([C@@H](C)O[Si](C)(C)C(C)(C)C)[C@H]1[C@@H](C)C(=O)c1cn2cnc(C(=O)c3cccnc3)c2s1.C[C@@H](O[Si](C)(C)C(C)(C)C)[C@H]1C(=O)N[C@@H]1[C@@H](C)C(=O)c1cn2cnc(C(=O)c3cccnc3)c2s1.